The fourth-order valence-corrected chi connectivity index (χ4v) is 2.87. The highest BCUT2D eigenvalue weighted by atomic mass is 79.9. The SMILES string of the molecule is O=C(NNC(=S)Nc1ccc2c(c1)OCO2)c1cn2ccc(Br)cc2n1. The van der Waals surface area contributed by atoms with Crippen molar-refractivity contribution in [3.05, 3.63) is 52.9 Å². The van der Waals surface area contributed by atoms with Crippen LogP contribution in [0.25, 0.3) is 5.65 Å². The zero-order valence-corrected chi connectivity index (χ0v) is 15.6. The number of hydrazine groups is 1. The van der Waals surface area contributed by atoms with Crippen molar-refractivity contribution >= 4 is 50.5 Å². The van der Waals surface area contributed by atoms with Gasteiger partial charge in [0, 0.05) is 28.6 Å². The van der Waals surface area contributed by atoms with Gasteiger partial charge in [-0.05, 0) is 36.5 Å². The van der Waals surface area contributed by atoms with E-state index in [4.69, 9.17) is 21.7 Å². The van der Waals surface area contributed by atoms with Gasteiger partial charge in [0.25, 0.3) is 5.91 Å². The van der Waals surface area contributed by atoms with E-state index in [0.717, 1.165) is 4.47 Å². The Balaban J connectivity index is 1.36. The summed E-state index contributed by atoms with van der Waals surface area (Å²) in [6, 6.07) is 9.01. The van der Waals surface area contributed by atoms with Gasteiger partial charge in [-0.1, -0.05) is 15.9 Å². The number of nitrogens with one attached hydrogen (secondary N) is 3. The maximum atomic E-state index is 12.2. The number of fused-ring (bicyclic) bond motifs is 2. The molecule has 1 aliphatic rings. The smallest absolute Gasteiger partial charge is 0.289 e. The number of hydrogen-bond acceptors (Lipinski definition) is 5. The minimum atomic E-state index is -0.403. The predicted molar refractivity (Wildman–Crippen MR) is 102 cm³/mol. The third-order valence-electron chi connectivity index (χ3n) is 3.57. The van der Waals surface area contributed by atoms with Crippen LogP contribution in [0.2, 0.25) is 0 Å². The average Bonchev–Trinajstić information content (AvgIpc) is 3.25. The number of amides is 1. The van der Waals surface area contributed by atoms with Gasteiger partial charge in [0.2, 0.25) is 6.79 Å². The summed E-state index contributed by atoms with van der Waals surface area (Å²) in [6.07, 6.45) is 3.44. The van der Waals surface area contributed by atoms with E-state index in [1.165, 1.54) is 0 Å². The van der Waals surface area contributed by atoms with Crippen LogP contribution in [0.15, 0.2) is 47.2 Å². The molecule has 3 N–H and O–H groups in total. The maximum absolute atomic E-state index is 12.2. The Labute approximate surface area is 161 Å². The minimum Gasteiger partial charge on any atom is -0.454 e. The quantitative estimate of drug-likeness (QED) is 0.422. The van der Waals surface area contributed by atoms with Gasteiger partial charge in [-0.25, -0.2) is 4.98 Å². The first-order chi connectivity index (χ1) is 12.6. The van der Waals surface area contributed by atoms with Crippen molar-refractivity contribution in [1.29, 1.82) is 0 Å². The molecule has 10 heteroatoms. The van der Waals surface area contributed by atoms with Crippen LogP contribution >= 0.6 is 28.1 Å². The van der Waals surface area contributed by atoms with E-state index >= 15 is 0 Å². The molecule has 3 heterocycles. The number of imidazole rings is 1. The summed E-state index contributed by atoms with van der Waals surface area (Å²) in [5, 5.41) is 3.18. The lowest BCUT2D eigenvalue weighted by molar-refractivity contribution is 0.0939. The van der Waals surface area contributed by atoms with Gasteiger partial charge in [-0.2, -0.15) is 0 Å². The summed E-state index contributed by atoms with van der Waals surface area (Å²) < 4.78 is 13.2. The molecule has 0 saturated heterocycles. The summed E-state index contributed by atoms with van der Waals surface area (Å²) in [4.78, 5) is 16.5. The summed E-state index contributed by atoms with van der Waals surface area (Å²) in [7, 11) is 0. The Morgan fingerprint density at radius 3 is 2.92 bits per heavy atom. The largest absolute Gasteiger partial charge is 0.454 e. The third-order valence-corrected chi connectivity index (χ3v) is 4.27. The lowest BCUT2D eigenvalue weighted by Crippen LogP contribution is -2.43. The van der Waals surface area contributed by atoms with Gasteiger partial charge in [0.05, 0.1) is 0 Å². The van der Waals surface area contributed by atoms with Crippen LogP contribution in [0.1, 0.15) is 10.5 Å². The fourth-order valence-electron chi connectivity index (χ4n) is 2.38. The Morgan fingerprint density at radius 2 is 2.04 bits per heavy atom. The second-order valence-corrected chi connectivity index (χ2v) is 6.66. The van der Waals surface area contributed by atoms with Gasteiger partial charge in [-0.15, -0.1) is 0 Å². The third kappa shape index (κ3) is 3.41. The molecule has 0 saturated carbocycles. The molecule has 0 atom stereocenters. The molecule has 4 rings (SSSR count). The Bertz CT molecular complexity index is 1020. The van der Waals surface area contributed by atoms with Crippen LogP contribution in [-0.4, -0.2) is 27.2 Å². The molecular weight excluding hydrogens is 422 g/mol. The van der Waals surface area contributed by atoms with Crippen molar-refractivity contribution in [3.8, 4) is 11.5 Å². The lowest BCUT2D eigenvalue weighted by Gasteiger charge is -2.11. The molecule has 0 aliphatic carbocycles. The molecule has 1 amide bonds. The number of benzene rings is 1. The first-order valence-corrected chi connectivity index (χ1v) is 8.70. The number of rotatable bonds is 2. The Morgan fingerprint density at radius 1 is 1.19 bits per heavy atom. The minimum absolute atomic E-state index is 0.202. The maximum Gasteiger partial charge on any atom is 0.289 e. The van der Waals surface area contributed by atoms with Crippen LogP contribution < -0.4 is 25.6 Å². The van der Waals surface area contributed by atoms with Crippen molar-refractivity contribution in [2.75, 3.05) is 12.1 Å². The molecular formula is C16H12BrN5O3S. The summed E-state index contributed by atoms with van der Waals surface area (Å²) in [6.45, 7) is 0.202. The number of pyridine rings is 1. The molecule has 132 valence electrons. The number of anilines is 1. The monoisotopic (exact) mass is 433 g/mol. The van der Waals surface area contributed by atoms with Crippen LogP contribution in [-0.2, 0) is 0 Å². The van der Waals surface area contributed by atoms with E-state index in [9.17, 15) is 4.79 Å². The van der Waals surface area contributed by atoms with Crippen molar-refractivity contribution in [2.24, 2.45) is 0 Å². The average molecular weight is 434 g/mol. The molecule has 0 spiro atoms. The molecule has 3 aromatic rings. The number of ether oxygens (including phenoxy) is 2. The zero-order chi connectivity index (χ0) is 18.1. The molecule has 1 aromatic carbocycles. The topological polar surface area (TPSA) is 88.9 Å². The van der Waals surface area contributed by atoms with Gasteiger partial charge >= 0.3 is 0 Å². The molecule has 0 bridgehead atoms. The van der Waals surface area contributed by atoms with E-state index in [2.05, 4.69) is 37.1 Å². The van der Waals surface area contributed by atoms with E-state index < -0.39 is 5.91 Å². The normalized spacial score (nSPS) is 12.0. The molecule has 0 radical (unpaired) electrons. The van der Waals surface area contributed by atoms with Crippen LogP contribution in [0.5, 0.6) is 11.5 Å². The number of halogens is 1. The number of hydrogen-bond donors (Lipinski definition) is 3. The standard InChI is InChI=1S/C16H12BrN5O3S/c17-9-3-4-22-7-11(19-14(22)5-9)15(23)20-21-16(26)18-10-1-2-12-13(6-10)25-8-24-12/h1-7H,8H2,(H,20,23)(H2,18,21,26). The fraction of sp³-hybridized carbons (Fsp3) is 0.0625. The van der Waals surface area contributed by atoms with Crippen LogP contribution in [0.3, 0.4) is 0 Å². The highest BCUT2D eigenvalue weighted by Gasteiger charge is 2.14. The van der Waals surface area contributed by atoms with E-state index in [1.54, 1.807) is 28.8 Å². The summed E-state index contributed by atoms with van der Waals surface area (Å²) >= 11 is 8.54. The van der Waals surface area contributed by atoms with Gasteiger partial charge in [-0.3, -0.25) is 15.6 Å². The molecule has 26 heavy (non-hydrogen) atoms. The Hall–Kier alpha value is -2.85. The van der Waals surface area contributed by atoms with Crippen molar-refractivity contribution in [1.82, 2.24) is 20.2 Å². The van der Waals surface area contributed by atoms with Crippen molar-refractivity contribution in [2.45, 2.75) is 0 Å². The molecule has 1 aliphatic heterocycles. The van der Waals surface area contributed by atoms with E-state index in [1.807, 2.05) is 18.3 Å². The number of nitrogens with zero attached hydrogens (tertiary/aromatic N) is 2. The van der Waals surface area contributed by atoms with Crippen LogP contribution in [0.4, 0.5) is 5.69 Å². The molecule has 0 unspecified atom stereocenters. The first-order valence-electron chi connectivity index (χ1n) is 7.50. The number of carbonyl (C=O) groups is 1. The van der Waals surface area contributed by atoms with Crippen LogP contribution in [0, 0.1) is 0 Å². The summed E-state index contributed by atoms with van der Waals surface area (Å²) in [5.41, 5.74) is 6.78. The second kappa shape index (κ2) is 6.81. The van der Waals surface area contributed by atoms with Crippen molar-refractivity contribution in [3.63, 3.8) is 0 Å². The number of thiocarbonyl (C=S) groups is 1. The zero-order valence-electron chi connectivity index (χ0n) is 13.2. The highest BCUT2D eigenvalue weighted by molar-refractivity contribution is 9.10. The van der Waals surface area contributed by atoms with E-state index in [-0.39, 0.29) is 17.6 Å². The molecule has 8 nitrogen and oxygen atoms in total. The van der Waals surface area contributed by atoms with Gasteiger partial charge < -0.3 is 19.2 Å². The van der Waals surface area contributed by atoms with Gasteiger partial charge in [0.15, 0.2) is 16.6 Å². The second-order valence-electron chi connectivity index (χ2n) is 5.34. The summed E-state index contributed by atoms with van der Waals surface area (Å²) in [5.74, 6) is 0.915. The molecule has 2 aromatic heterocycles. The van der Waals surface area contributed by atoms with E-state index in [0.29, 0.717) is 22.8 Å². The Kier molecular flexibility index (Phi) is 4.35. The highest BCUT2D eigenvalue weighted by Crippen LogP contribution is 2.34. The molecule has 0 fully saturated rings. The van der Waals surface area contributed by atoms with Crippen molar-refractivity contribution < 1.29 is 14.3 Å². The first kappa shape index (κ1) is 16.6. The number of carbonyl (C=O) groups excluding carboxylic acids is 1. The predicted octanol–water partition coefficient (Wildman–Crippen LogP) is 2.46. The number of aromatic nitrogens is 2. The van der Waals surface area contributed by atoms with Gasteiger partial charge in [0.1, 0.15) is 11.3 Å². The lowest BCUT2D eigenvalue weighted by atomic mass is 10.3.